The lowest BCUT2D eigenvalue weighted by Crippen LogP contribution is -2.17. The minimum absolute atomic E-state index is 0.0829. The van der Waals surface area contributed by atoms with E-state index in [0.29, 0.717) is 12.0 Å². The highest BCUT2D eigenvalue weighted by atomic mass is 16.4. The van der Waals surface area contributed by atoms with Gasteiger partial charge >= 0.3 is 5.97 Å². The SMILES string of the molecule is CCC(CC(=O)O)C(=O)c1ccccc1. The van der Waals surface area contributed by atoms with E-state index in [-0.39, 0.29) is 12.2 Å². The van der Waals surface area contributed by atoms with E-state index in [1.807, 2.05) is 13.0 Å². The Morgan fingerprint density at radius 2 is 1.87 bits per heavy atom. The smallest absolute Gasteiger partial charge is 0.304 e. The molecule has 0 radical (unpaired) electrons. The van der Waals surface area contributed by atoms with Gasteiger partial charge in [-0.25, -0.2) is 0 Å². The number of carboxylic acid groups (broad SMARTS) is 1. The second-order valence-corrected chi connectivity index (χ2v) is 3.43. The summed E-state index contributed by atoms with van der Waals surface area (Å²) in [5.74, 6) is -1.42. The molecule has 0 amide bonds. The molecule has 3 heteroatoms. The maximum absolute atomic E-state index is 11.8. The number of carboxylic acids is 1. The normalized spacial score (nSPS) is 12.1. The first-order valence-electron chi connectivity index (χ1n) is 4.96. The lowest BCUT2D eigenvalue weighted by atomic mass is 9.92. The van der Waals surface area contributed by atoms with E-state index in [2.05, 4.69) is 0 Å². The molecule has 1 aromatic carbocycles. The van der Waals surface area contributed by atoms with Gasteiger partial charge in [0.25, 0.3) is 0 Å². The Bertz CT molecular complexity index is 343. The molecule has 0 saturated carbocycles. The Morgan fingerprint density at radius 1 is 1.27 bits per heavy atom. The molecule has 1 unspecified atom stereocenters. The number of rotatable bonds is 5. The summed E-state index contributed by atoms with van der Waals surface area (Å²) in [5.41, 5.74) is 0.589. The van der Waals surface area contributed by atoms with Crippen molar-refractivity contribution in [2.45, 2.75) is 19.8 Å². The molecule has 0 saturated heterocycles. The van der Waals surface area contributed by atoms with Gasteiger partial charge in [0.1, 0.15) is 0 Å². The van der Waals surface area contributed by atoms with Crippen molar-refractivity contribution in [1.82, 2.24) is 0 Å². The standard InChI is InChI=1S/C12H14O3/c1-2-9(8-11(13)14)12(15)10-6-4-3-5-7-10/h3-7,9H,2,8H2,1H3,(H,13,14). The Hall–Kier alpha value is -1.64. The zero-order chi connectivity index (χ0) is 11.3. The fourth-order valence-electron chi connectivity index (χ4n) is 1.47. The number of aliphatic carboxylic acids is 1. The fourth-order valence-corrected chi connectivity index (χ4v) is 1.47. The number of Topliss-reactive ketones (excluding diaryl/α,β-unsaturated/α-hetero) is 1. The average molecular weight is 206 g/mol. The highest BCUT2D eigenvalue weighted by Crippen LogP contribution is 2.15. The Kier molecular flexibility index (Phi) is 4.03. The number of hydrogen-bond acceptors (Lipinski definition) is 2. The van der Waals surface area contributed by atoms with Crippen molar-refractivity contribution in [2.24, 2.45) is 5.92 Å². The van der Waals surface area contributed by atoms with Crippen molar-refractivity contribution >= 4 is 11.8 Å². The number of ketones is 1. The molecule has 0 aliphatic rings. The van der Waals surface area contributed by atoms with E-state index in [9.17, 15) is 9.59 Å². The topological polar surface area (TPSA) is 54.4 Å². The van der Waals surface area contributed by atoms with Gasteiger partial charge in [-0.3, -0.25) is 9.59 Å². The number of benzene rings is 1. The number of carbonyl (C=O) groups excluding carboxylic acids is 1. The zero-order valence-corrected chi connectivity index (χ0v) is 8.64. The maximum Gasteiger partial charge on any atom is 0.304 e. The summed E-state index contributed by atoms with van der Waals surface area (Å²) >= 11 is 0. The highest BCUT2D eigenvalue weighted by Gasteiger charge is 2.20. The lowest BCUT2D eigenvalue weighted by molar-refractivity contribution is -0.137. The van der Waals surface area contributed by atoms with Crippen LogP contribution >= 0.6 is 0 Å². The molecule has 0 aliphatic carbocycles. The number of hydrogen-bond donors (Lipinski definition) is 1. The molecule has 15 heavy (non-hydrogen) atoms. The molecule has 3 nitrogen and oxygen atoms in total. The van der Waals surface area contributed by atoms with E-state index in [4.69, 9.17) is 5.11 Å². The maximum atomic E-state index is 11.8. The highest BCUT2D eigenvalue weighted by molar-refractivity contribution is 5.99. The third-order valence-electron chi connectivity index (χ3n) is 2.34. The van der Waals surface area contributed by atoms with Crippen LogP contribution in [0.5, 0.6) is 0 Å². The van der Waals surface area contributed by atoms with Crippen molar-refractivity contribution in [3.63, 3.8) is 0 Å². The van der Waals surface area contributed by atoms with Crippen molar-refractivity contribution < 1.29 is 14.7 Å². The van der Waals surface area contributed by atoms with Gasteiger partial charge in [0.05, 0.1) is 6.42 Å². The molecule has 0 heterocycles. The van der Waals surface area contributed by atoms with Gasteiger partial charge in [0, 0.05) is 11.5 Å². The summed E-state index contributed by atoms with van der Waals surface area (Å²) in [7, 11) is 0. The predicted octanol–water partition coefficient (Wildman–Crippen LogP) is 2.37. The lowest BCUT2D eigenvalue weighted by Gasteiger charge is -2.10. The molecule has 1 rings (SSSR count). The molecule has 1 N–H and O–H groups in total. The molecule has 80 valence electrons. The number of carbonyl (C=O) groups is 2. The van der Waals surface area contributed by atoms with Crippen LogP contribution in [0.2, 0.25) is 0 Å². The van der Waals surface area contributed by atoms with Gasteiger partial charge in [-0.15, -0.1) is 0 Å². The second-order valence-electron chi connectivity index (χ2n) is 3.43. The molecule has 1 atom stereocenters. The van der Waals surface area contributed by atoms with E-state index in [1.165, 1.54) is 0 Å². The first-order chi connectivity index (χ1) is 7.15. The Labute approximate surface area is 88.7 Å². The van der Waals surface area contributed by atoms with Crippen LogP contribution in [0, 0.1) is 5.92 Å². The van der Waals surface area contributed by atoms with E-state index < -0.39 is 11.9 Å². The third kappa shape index (κ3) is 3.20. The molecule has 0 fully saturated rings. The van der Waals surface area contributed by atoms with Crippen LogP contribution < -0.4 is 0 Å². The summed E-state index contributed by atoms with van der Waals surface area (Å²) in [5, 5.41) is 8.66. The summed E-state index contributed by atoms with van der Waals surface area (Å²) in [6, 6.07) is 8.82. The van der Waals surface area contributed by atoms with Crippen molar-refractivity contribution in [1.29, 1.82) is 0 Å². The van der Waals surface area contributed by atoms with Crippen LogP contribution in [0.1, 0.15) is 30.1 Å². The molecular formula is C12H14O3. The Balaban J connectivity index is 2.78. The monoisotopic (exact) mass is 206 g/mol. The van der Waals surface area contributed by atoms with Crippen LogP contribution in [-0.4, -0.2) is 16.9 Å². The van der Waals surface area contributed by atoms with Gasteiger partial charge in [-0.2, -0.15) is 0 Å². The molecule has 0 aliphatic heterocycles. The molecule has 0 aromatic heterocycles. The summed E-state index contributed by atoms with van der Waals surface area (Å²) in [6.45, 7) is 1.83. The predicted molar refractivity (Wildman–Crippen MR) is 56.8 cm³/mol. The van der Waals surface area contributed by atoms with Crippen LogP contribution in [0.25, 0.3) is 0 Å². The van der Waals surface area contributed by atoms with Gasteiger partial charge < -0.3 is 5.11 Å². The molecular weight excluding hydrogens is 192 g/mol. The van der Waals surface area contributed by atoms with Crippen LogP contribution in [-0.2, 0) is 4.79 Å². The minimum atomic E-state index is -0.925. The van der Waals surface area contributed by atoms with Gasteiger partial charge in [0.2, 0.25) is 0 Å². The largest absolute Gasteiger partial charge is 0.481 e. The fraction of sp³-hybridized carbons (Fsp3) is 0.333. The van der Waals surface area contributed by atoms with E-state index >= 15 is 0 Å². The third-order valence-corrected chi connectivity index (χ3v) is 2.34. The van der Waals surface area contributed by atoms with Gasteiger partial charge in [-0.1, -0.05) is 37.3 Å². The first-order valence-corrected chi connectivity index (χ1v) is 4.96. The van der Waals surface area contributed by atoms with Crippen LogP contribution in [0.15, 0.2) is 30.3 Å². The molecule has 0 spiro atoms. The Morgan fingerprint density at radius 3 is 2.33 bits per heavy atom. The van der Waals surface area contributed by atoms with Crippen LogP contribution in [0.4, 0.5) is 0 Å². The molecule has 1 aromatic rings. The van der Waals surface area contributed by atoms with Gasteiger partial charge in [0.15, 0.2) is 5.78 Å². The quantitative estimate of drug-likeness (QED) is 0.752. The minimum Gasteiger partial charge on any atom is -0.481 e. The van der Waals surface area contributed by atoms with Gasteiger partial charge in [-0.05, 0) is 6.42 Å². The molecule has 0 bridgehead atoms. The first kappa shape index (κ1) is 11.4. The zero-order valence-electron chi connectivity index (χ0n) is 8.64. The van der Waals surface area contributed by atoms with Crippen LogP contribution in [0.3, 0.4) is 0 Å². The van der Waals surface area contributed by atoms with E-state index in [1.54, 1.807) is 24.3 Å². The summed E-state index contributed by atoms with van der Waals surface area (Å²) in [4.78, 5) is 22.4. The van der Waals surface area contributed by atoms with E-state index in [0.717, 1.165) is 0 Å². The van der Waals surface area contributed by atoms with Crippen molar-refractivity contribution in [2.75, 3.05) is 0 Å². The second kappa shape index (κ2) is 5.29. The van der Waals surface area contributed by atoms with Crippen molar-refractivity contribution in [3.8, 4) is 0 Å². The summed E-state index contributed by atoms with van der Waals surface area (Å²) < 4.78 is 0. The average Bonchev–Trinajstić information content (AvgIpc) is 2.26. The summed E-state index contributed by atoms with van der Waals surface area (Å²) in [6.07, 6.45) is 0.463. The van der Waals surface area contributed by atoms with Crippen molar-refractivity contribution in [3.05, 3.63) is 35.9 Å².